The number of carbonyl (C=O) groups is 1. The third-order valence-electron chi connectivity index (χ3n) is 4.43. The van der Waals surface area contributed by atoms with Gasteiger partial charge in [-0.05, 0) is 35.6 Å². The highest BCUT2D eigenvalue weighted by Crippen LogP contribution is 2.25. The van der Waals surface area contributed by atoms with Crippen molar-refractivity contribution in [2.75, 3.05) is 18.4 Å². The van der Waals surface area contributed by atoms with E-state index in [4.69, 9.17) is 5.26 Å². The summed E-state index contributed by atoms with van der Waals surface area (Å²) >= 11 is 0. The number of hydrogen-bond acceptors (Lipinski definition) is 3. The van der Waals surface area contributed by atoms with E-state index >= 15 is 0 Å². The number of hydrogen-bond donors (Lipinski definition) is 1. The van der Waals surface area contributed by atoms with Crippen molar-refractivity contribution in [3.63, 3.8) is 0 Å². The maximum absolute atomic E-state index is 12.6. The minimum atomic E-state index is -0.222. The lowest BCUT2D eigenvalue weighted by Gasteiger charge is -2.20. The first-order chi connectivity index (χ1) is 11.7. The molecule has 0 radical (unpaired) electrons. The summed E-state index contributed by atoms with van der Waals surface area (Å²) in [5, 5.41) is 12.0. The molecule has 0 saturated carbocycles. The second kappa shape index (κ2) is 7.29. The molecule has 1 N–H and O–H groups in total. The van der Waals surface area contributed by atoms with Crippen molar-refractivity contribution in [1.29, 1.82) is 5.26 Å². The van der Waals surface area contributed by atoms with E-state index in [0.29, 0.717) is 12.5 Å². The highest BCUT2D eigenvalue weighted by atomic mass is 16.2. The zero-order valence-corrected chi connectivity index (χ0v) is 13.8. The van der Waals surface area contributed by atoms with Gasteiger partial charge in [0.2, 0.25) is 5.91 Å². The molecule has 1 aliphatic heterocycles. The molecule has 4 nitrogen and oxygen atoms in total. The molecule has 0 bridgehead atoms. The fraction of sp³-hybridized carbons (Fsp3) is 0.300. The molecule has 0 spiro atoms. The fourth-order valence-electron chi connectivity index (χ4n) is 3.30. The number of rotatable bonds is 4. The smallest absolute Gasteiger partial charge is 0.241 e. The third-order valence-corrected chi connectivity index (χ3v) is 4.43. The molecule has 2 aromatic rings. The van der Waals surface area contributed by atoms with Crippen LogP contribution in [0, 0.1) is 17.2 Å². The molecule has 1 amide bonds. The van der Waals surface area contributed by atoms with Crippen molar-refractivity contribution in [3.8, 4) is 17.2 Å². The van der Waals surface area contributed by atoms with Crippen LogP contribution in [-0.4, -0.2) is 29.9 Å². The molecule has 1 aliphatic rings. The van der Waals surface area contributed by atoms with Crippen molar-refractivity contribution in [2.45, 2.75) is 19.4 Å². The minimum absolute atomic E-state index is 0.0280. The van der Waals surface area contributed by atoms with Crippen LogP contribution < -0.4 is 5.32 Å². The Labute approximate surface area is 142 Å². The SMILES string of the molecule is CC1C[C@@H](C(=O)Nc2cccc(-c3ccccc3)c2)N(CC#N)C1. The number of anilines is 1. The Kier molecular flexibility index (Phi) is 4.93. The van der Waals surface area contributed by atoms with Crippen LogP contribution in [0.3, 0.4) is 0 Å². The van der Waals surface area contributed by atoms with Gasteiger partial charge in [0, 0.05) is 12.2 Å². The van der Waals surface area contributed by atoms with Crippen LogP contribution in [0.4, 0.5) is 5.69 Å². The molecular weight excluding hydrogens is 298 g/mol. The first kappa shape index (κ1) is 16.2. The number of nitrogens with zero attached hydrogens (tertiary/aromatic N) is 2. The van der Waals surface area contributed by atoms with Crippen LogP contribution in [0.5, 0.6) is 0 Å². The largest absolute Gasteiger partial charge is 0.325 e. The topological polar surface area (TPSA) is 56.1 Å². The van der Waals surface area contributed by atoms with Crippen LogP contribution in [0.25, 0.3) is 11.1 Å². The summed E-state index contributed by atoms with van der Waals surface area (Å²) < 4.78 is 0. The van der Waals surface area contributed by atoms with Crippen LogP contribution in [0.2, 0.25) is 0 Å². The van der Waals surface area contributed by atoms with Crippen molar-refractivity contribution in [1.82, 2.24) is 4.90 Å². The lowest BCUT2D eigenvalue weighted by Crippen LogP contribution is -2.39. The molecule has 24 heavy (non-hydrogen) atoms. The molecule has 1 unspecified atom stereocenters. The first-order valence-electron chi connectivity index (χ1n) is 8.24. The van der Waals surface area contributed by atoms with Crippen LogP contribution in [0.15, 0.2) is 54.6 Å². The maximum Gasteiger partial charge on any atom is 0.241 e. The molecule has 0 aromatic heterocycles. The summed E-state index contributed by atoms with van der Waals surface area (Å²) in [6, 6.07) is 19.9. The van der Waals surface area contributed by atoms with Crippen LogP contribution in [0.1, 0.15) is 13.3 Å². The van der Waals surface area contributed by atoms with Crippen LogP contribution in [-0.2, 0) is 4.79 Å². The molecule has 3 rings (SSSR count). The molecule has 1 heterocycles. The average Bonchev–Trinajstić information content (AvgIpc) is 2.97. The molecule has 1 fully saturated rings. The third kappa shape index (κ3) is 3.64. The van der Waals surface area contributed by atoms with E-state index < -0.39 is 0 Å². The number of benzene rings is 2. The summed E-state index contributed by atoms with van der Waals surface area (Å²) in [6.45, 7) is 3.22. The van der Waals surface area contributed by atoms with Crippen LogP contribution >= 0.6 is 0 Å². The van der Waals surface area contributed by atoms with Gasteiger partial charge < -0.3 is 5.32 Å². The predicted molar refractivity (Wildman–Crippen MR) is 95.3 cm³/mol. The van der Waals surface area contributed by atoms with Gasteiger partial charge in [0.1, 0.15) is 0 Å². The van der Waals surface area contributed by atoms with E-state index in [1.54, 1.807) is 0 Å². The normalized spacial score (nSPS) is 20.5. The lowest BCUT2D eigenvalue weighted by molar-refractivity contribution is -0.120. The van der Waals surface area contributed by atoms with Gasteiger partial charge in [-0.2, -0.15) is 5.26 Å². The fourth-order valence-corrected chi connectivity index (χ4v) is 3.30. The number of nitriles is 1. The van der Waals surface area contributed by atoms with Gasteiger partial charge in [-0.3, -0.25) is 9.69 Å². The minimum Gasteiger partial charge on any atom is -0.325 e. The predicted octanol–water partition coefficient (Wildman–Crippen LogP) is 3.53. The molecule has 122 valence electrons. The lowest BCUT2D eigenvalue weighted by atomic mass is 10.0. The number of likely N-dealkylation sites (tertiary alicyclic amines) is 1. The zero-order chi connectivity index (χ0) is 16.9. The van der Waals surface area contributed by atoms with E-state index in [1.807, 2.05) is 59.5 Å². The Morgan fingerprint density at radius 3 is 2.71 bits per heavy atom. The Bertz CT molecular complexity index is 751. The van der Waals surface area contributed by atoms with Crippen molar-refractivity contribution < 1.29 is 4.79 Å². The summed E-state index contributed by atoms with van der Waals surface area (Å²) in [6.07, 6.45) is 0.798. The van der Waals surface area contributed by atoms with Gasteiger partial charge in [-0.1, -0.05) is 49.4 Å². The van der Waals surface area contributed by atoms with E-state index in [0.717, 1.165) is 29.8 Å². The van der Waals surface area contributed by atoms with Crippen molar-refractivity contribution in [2.24, 2.45) is 5.92 Å². The van der Waals surface area contributed by atoms with Gasteiger partial charge in [-0.15, -0.1) is 0 Å². The Balaban J connectivity index is 1.74. The quantitative estimate of drug-likeness (QED) is 0.877. The van der Waals surface area contributed by atoms with Crippen molar-refractivity contribution >= 4 is 11.6 Å². The Morgan fingerprint density at radius 1 is 1.21 bits per heavy atom. The Morgan fingerprint density at radius 2 is 1.96 bits per heavy atom. The van der Waals surface area contributed by atoms with Gasteiger partial charge in [0.25, 0.3) is 0 Å². The summed E-state index contributed by atoms with van der Waals surface area (Å²) in [5.41, 5.74) is 2.98. The molecule has 0 aliphatic carbocycles. The van der Waals surface area contributed by atoms with Gasteiger partial charge >= 0.3 is 0 Å². The van der Waals surface area contributed by atoms with Gasteiger partial charge in [0.05, 0.1) is 18.7 Å². The summed E-state index contributed by atoms with van der Waals surface area (Å²) in [5.74, 6) is 0.407. The number of nitrogens with one attached hydrogen (secondary N) is 1. The zero-order valence-electron chi connectivity index (χ0n) is 13.8. The maximum atomic E-state index is 12.6. The molecule has 2 atom stereocenters. The van der Waals surface area contributed by atoms with E-state index in [-0.39, 0.29) is 11.9 Å². The summed E-state index contributed by atoms with van der Waals surface area (Å²) in [7, 11) is 0. The van der Waals surface area contributed by atoms with E-state index in [2.05, 4.69) is 18.3 Å². The average molecular weight is 319 g/mol. The number of carbonyl (C=O) groups excluding carboxylic acids is 1. The molecular formula is C20H21N3O. The highest BCUT2D eigenvalue weighted by molar-refractivity contribution is 5.95. The van der Waals surface area contributed by atoms with Gasteiger partial charge in [-0.25, -0.2) is 0 Å². The molecule has 4 heteroatoms. The van der Waals surface area contributed by atoms with E-state index in [1.165, 1.54) is 0 Å². The molecule has 2 aromatic carbocycles. The first-order valence-corrected chi connectivity index (χ1v) is 8.24. The second-order valence-corrected chi connectivity index (χ2v) is 6.38. The summed E-state index contributed by atoms with van der Waals surface area (Å²) in [4.78, 5) is 14.6. The highest BCUT2D eigenvalue weighted by Gasteiger charge is 2.34. The molecule has 1 saturated heterocycles. The van der Waals surface area contributed by atoms with E-state index in [9.17, 15) is 4.79 Å². The Hall–Kier alpha value is -2.64. The monoisotopic (exact) mass is 319 g/mol. The second-order valence-electron chi connectivity index (χ2n) is 6.38. The van der Waals surface area contributed by atoms with Gasteiger partial charge in [0.15, 0.2) is 0 Å². The van der Waals surface area contributed by atoms with Crippen molar-refractivity contribution in [3.05, 3.63) is 54.6 Å². The number of amides is 1. The standard InChI is InChI=1S/C20H21N3O/c1-15-12-19(23(14-15)11-10-21)20(24)22-18-9-5-8-17(13-18)16-6-3-2-4-7-16/h2-9,13,15,19H,11-12,14H2,1H3,(H,22,24)/t15?,19-/m0/s1.